The number of carbonyl (C=O) groups is 2. The maximum absolute atomic E-state index is 12.4. The summed E-state index contributed by atoms with van der Waals surface area (Å²) in [7, 11) is 0. The summed E-state index contributed by atoms with van der Waals surface area (Å²) in [5, 5.41) is 12.0. The number of nitrogens with zero attached hydrogens (tertiary/aromatic N) is 3. The number of carbonyl (C=O) groups excluding carboxylic acids is 2. The summed E-state index contributed by atoms with van der Waals surface area (Å²) in [6.07, 6.45) is 3.60. The Hall–Kier alpha value is -2.54. The van der Waals surface area contributed by atoms with E-state index >= 15 is 0 Å². The largest absolute Gasteiger partial charge is 0.396 e. The van der Waals surface area contributed by atoms with Crippen molar-refractivity contribution < 1.29 is 14.7 Å². The van der Waals surface area contributed by atoms with Gasteiger partial charge in [-0.3, -0.25) is 9.59 Å². The average molecular weight is 394 g/mol. The molecule has 0 aliphatic heterocycles. The number of rotatable bonds is 6. The second-order valence-electron chi connectivity index (χ2n) is 5.14. The molecule has 0 spiro atoms. The third-order valence-corrected chi connectivity index (χ3v) is 4.71. The zero-order valence-corrected chi connectivity index (χ0v) is 15.4. The highest BCUT2D eigenvalue weighted by atomic mass is 35.5. The van der Waals surface area contributed by atoms with Crippen LogP contribution in [0.4, 0.5) is 0 Å². The average Bonchev–Trinajstić information content (AvgIpc) is 3.10. The molecule has 26 heavy (non-hydrogen) atoms. The molecule has 136 valence electrons. The molecule has 2 aromatic rings. The molecule has 0 aliphatic carbocycles. The summed E-state index contributed by atoms with van der Waals surface area (Å²) in [6.45, 7) is 1.76. The van der Waals surface area contributed by atoms with Crippen molar-refractivity contribution in [3.8, 4) is 11.8 Å². The first-order chi connectivity index (χ1) is 12.4. The van der Waals surface area contributed by atoms with Gasteiger partial charge in [-0.15, -0.1) is 11.3 Å². The molecular formula is C16H16ClN5O3S. The molecule has 4 N–H and O–H groups in total. The predicted octanol–water partition coefficient (Wildman–Crippen LogP) is 1.30. The van der Waals surface area contributed by atoms with E-state index in [0.717, 1.165) is 11.3 Å². The van der Waals surface area contributed by atoms with Gasteiger partial charge in [0, 0.05) is 13.0 Å². The highest BCUT2D eigenvalue weighted by molar-refractivity contribution is 7.13. The lowest BCUT2D eigenvalue weighted by Crippen LogP contribution is -2.28. The van der Waals surface area contributed by atoms with Crippen molar-refractivity contribution in [2.24, 2.45) is 5.73 Å². The Labute approximate surface area is 158 Å². The van der Waals surface area contributed by atoms with Crippen molar-refractivity contribution in [2.45, 2.75) is 25.8 Å². The number of thiazole rings is 1. The first-order valence-corrected chi connectivity index (χ1v) is 8.80. The molecule has 0 saturated heterocycles. The SMILES string of the molecule is CC(NC(=O)c1ncnc(C#CCCCO)c1Cl)c1ncc(C(N)=O)s1. The Morgan fingerprint density at radius 3 is 2.85 bits per heavy atom. The van der Waals surface area contributed by atoms with Gasteiger partial charge in [0.05, 0.1) is 12.2 Å². The molecule has 0 fully saturated rings. The summed E-state index contributed by atoms with van der Waals surface area (Å²) in [6, 6.07) is -0.467. The lowest BCUT2D eigenvalue weighted by atomic mass is 10.2. The lowest BCUT2D eigenvalue weighted by Gasteiger charge is -2.11. The number of nitrogens with one attached hydrogen (secondary N) is 1. The van der Waals surface area contributed by atoms with Gasteiger partial charge < -0.3 is 16.2 Å². The molecular weight excluding hydrogens is 378 g/mol. The summed E-state index contributed by atoms with van der Waals surface area (Å²) in [5.41, 5.74) is 5.43. The van der Waals surface area contributed by atoms with E-state index in [1.165, 1.54) is 12.5 Å². The molecule has 2 amide bonds. The number of aliphatic hydroxyl groups excluding tert-OH is 1. The van der Waals surface area contributed by atoms with Crippen molar-refractivity contribution in [1.29, 1.82) is 0 Å². The fourth-order valence-corrected chi connectivity index (χ4v) is 2.86. The van der Waals surface area contributed by atoms with Crippen LogP contribution in [0, 0.1) is 11.8 Å². The van der Waals surface area contributed by atoms with E-state index in [-0.39, 0.29) is 23.0 Å². The quantitative estimate of drug-likeness (QED) is 0.500. The van der Waals surface area contributed by atoms with Crippen molar-refractivity contribution in [1.82, 2.24) is 20.3 Å². The smallest absolute Gasteiger partial charge is 0.272 e. The van der Waals surface area contributed by atoms with Crippen LogP contribution in [-0.4, -0.2) is 38.5 Å². The Morgan fingerprint density at radius 2 is 2.19 bits per heavy atom. The lowest BCUT2D eigenvalue weighted by molar-refractivity contribution is 0.0933. The molecule has 8 nitrogen and oxygen atoms in total. The molecule has 0 bridgehead atoms. The van der Waals surface area contributed by atoms with E-state index in [1.807, 2.05) is 0 Å². The fourth-order valence-electron chi connectivity index (χ4n) is 1.86. The number of nitrogens with two attached hydrogens (primary N) is 1. The molecule has 1 atom stereocenters. The van der Waals surface area contributed by atoms with E-state index in [2.05, 4.69) is 32.1 Å². The van der Waals surface area contributed by atoms with E-state index in [0.29, 0.717) is 22.7 Å². The molecule has 0 aromatic carbocycles. The van der Waals surface area contributed by atoms with E-state index in [4.69, 9.17) is 22.4 Å². The zero-order chi connectivity index (χ0) is 19.1. The number of primary amides is 1. The Bertz CT molecular complexity index is 874. The van der Waals surface area contributed by atoms with Crippen LogP contribution in [0.1, 0.15) is 56.7 Å². The minimum atomic E-state index is -0.574. The van der Waals surface area contributed by atoms with Crippen LogP contribution >= 0.6 is 22.9 Å². The van der Waals surface area contributed by atoms with Gasteiger partial charge in [-0.2, -0.15) is 0 Å². The minimum Gasteiger partial charge on any atom is -0.396 e. The molecule has 2 heterocycles. The van der Waals surface area contributed by atoms with Crippen molar-refractivity contribution >= 4 is 34.8 Å². The number of amides is 2. The van der Waals surface area contributed by atoms with Gasteiger partial charge in [0.15, 0.2) is 5.69 Å². The Morgan fingerprint density at radius 1 is 1.42 bits per heavy atom. The van der Waals surface area contributed by atoms with Crippen molar-refractivity contribution in [2.75, 3.05) is 6.61 Å². The van der Waals surface area contributed by atoms with Gasteiger partial charge in [0.2, 0.25) is 0 Å². The third kappa shape index (κ3) is 4.98. The monoisotopic (exact) mass is 393 g/mol. The third-order valence-electron chi connectivity index (χ3n) is 3.16. The summed E-state index contributed by atoms with van der Waals surface area (Å²) >= 11 is 7.28. The second-order valence-corrected chi connectivity index (χ2v) is 6.58. The molecule has 10 heteroatoms. The topological polar surface area (TPSA) is 131 Å². The molecule has 0 saturated carbocycles. The van der Waals surface area contributed by atoms with Crippen molar-refractivity contribution in [3.63, 3.8) is 0 Å². The molecule has 0 radical (unpaired) electrons. The van der Waals surface area contributed by atoms with Gasteiger partial charge in [-0.1, -0.05) is 17.5 Å². The fraction of sp³-hybridized carbons (Fsp3) is 0.312. The van der Waals surface area contributed by atoms with E-state index in [1.54, 1.807) is 6.92 Å². The van der Waals surface area contributed by atoms with Gasteiger partial charge in [0.25, 0.3) is 11.8 Å². The zero-order valence-electron chi connectivity index (χ0n) is 13.8. The highest BCUT2D eigenvalue weighted by Crippen LogP contribution is 2.21. The maximum atomic E-state index is 12.4. The van der Waals surface area contributed by atoms with Gasteiger partial charge in [-0.25, -0.2) is 15.0 Å². The van der Waals surface area contributed by atoms with Crippen LogP contribution in [0.3, 0.4) is 0 Å². The Balaban J connectivity index is 2.13. The van der Waals surface area contributed by atoms with Crippen LogP contribution in [0.2, 0.25) is 5.02 Å². The van der Waals surface area contributed by atoms with Gasteiger partial charge in [-0.05, 0) is 19.3 Å². The van der Waals surface area contributed by atoms with Crippen LogP contribution < -0.4 is 11.1 Å². The van der Waals surface area contributed by atoms with E-state index in [9.17, 15) is 9.59 Å². The number of aliphatic hydroxyl groups is 1. The van der Waals surface area contributed by atoms with E-state index < -0.39 is 17.9 Å². The number of aromatic nitrogens is 3. The molecule has 2 rings (SSSR count). The highest BCUT2D eigenvalue weighted by Gasteiger charge is 2.20. The normalized spacial score (nSPS) is 11.3. The molecule has 0 aliphatic rings. The summed E-state index contributed by atoms with van der Waals surface area (Å²) < 4.78 is 0. The standard InChI is InChI=1S/C16H16ClN5O3S/c1-9(16-19-7-11(26-16)14(18)24)22-15(25)13-12(17)10(20-8-21-13)5-3-2-4-6-23/h7-9,23H,2,4,6H2,1H3,(H2,18,24)(H,22,25). The summed E-state index contributed by atoms with van der Waals surface area (Å²) in [4.78, 5) is 35.8. The van der Waals surface area contributed by atoms with Crippen LogP contribution in [0.5, 0.6) is 0 Å². The predicted molar refractivity (Wildman–Crippen MR) is 96.8 cm³/mol. The first kappa shape index (κ1) is 19.8. The first-order valence-electron chi connectivity index (χ1n) is 7.60. The second kappa shape index (κ2) is 9.24. The van der Waals surface area contributed by atoms with Crippen LogP contribution in [0.25, 0.3) is 0 Å². The summed E-state index contributed by atoms with van der Waals surface area (Å²) in [5.74, 6) is 4.49. The van der Waals surface area contributed by atoms with Crippen LogP contribution in [-0.2, 0) is 0 Å². The molecule has 2 aromatic heterocycles. The minimum absolute atomic E-state index is 0.00773. The molecule has 1 unspecified atom stereocenters. The van der Waals surface area contributed by atoms with Crippen LogP contribution in [0.15, 0.2) is 12.5 Å². The number of halogens is 1. The number of hydrogen-bond acceptors (Lipinski definition) is 7. The maximum Gasteiger partial charge on any atom is 0.272 e. The van der Waals surface area contributed by atoms with Gasteiger partial charge in [0.1, 0.15) is 26.9 Å². The Kier molecular flexibility index (Phi) is 7.03. The van der Waals surface area contributed by atoms with Gasteiger partial charge >= 0.3 is 0 Å². The number of hydrogen-bond donors (Lipinski definition) is 3. The van der Waals surface area contributed by atoms with Crippen molar-refractivity contribution in [3.05, 3.63) is 38.8 Å². The number of unbranched alkanes of at least 4 members (excludes halogenated alkanes) is 1.